The molecule has 1 unspecified atom stereocenters. The number of nitrogens with one attached hydrogen (secondary N) is 1. The summed E-state index contributed by atoms with van der Waals surface area (Å²) in [7, 11) is 2.12. The zero-order chi connectivity index (χ0) is 13.5. The summed E-state index contributed by atoms with van der Waals surface area (Å²) in [6.45, 7) is 4.77. The van der Waals surface area contributed by atoms with Gasteiger partial charge in [0.05, 0.1) is 18.5 Å². The Balaban J connectivity index is 1.71. The highest BCUT2D eigenvalue weighted by Gasteiger charge is 2.09. The number of nitrogens with zero attached hydrogens (tertiary/aromatic N) is 2. The summed E-state index contributed by atoms with van der Waals surface area (Å²) in [4.78, 5) is 6.63. The molecule has 0 aliphatic heterocycles. The minimum absolute atomic E-state index is 0.442. The van der Waals surface area contributed by atoms with Crippen molar-refractivity contribution in [3.63, 3.8) is 0 Å². The number of furan rings is 1. The molecule has 2 aromatic rings. The Morgan fingerprint density at radius 2 is 2.21 bits per heavy atom. The number of hydrogen-bond donors (Lipinski definition) is 1. The summed E-state index contributed by atoms with van der Waals surface area (Å²) in [6.07, 6.45) is 3.54. The Bertz CT molecular complexity index is 456. The standard InChI is InChI=1S/C15H21N3O/c1-13(10-16-11-15-7-5-9-19-15)18(2)12-14-6-3-4-8-17-14/h3-9,13,16H,10-12H2,1-2H3. The van der Waals surface area contributed by atoms with Crippen molar-refractivity contribution < 1.29 is 4.42 Å². The normalized spacial score (nSPS) is 12.8. The van der Waals surface area contributed by atoms with Gasteiger partial charge in [0.1, 0.15) is 5.76 Å². The van der Waals surface area contributed by atoms with Gasteiger partial charge in [0.2, 0.25) is 0 Å². The van der Waals surface area contributed by atoms with Crippen LogP contribution in [0.25, 0.3) is 0 Å². The molecule has 0 spiro atoms. The zero-order valence-corrected chi connectivity index (χ0v) is 11.5. The fraction of sp³-hybridized carbons (Fsp3) is 0.400. The van der Waals surface area contributed by atoms with Crippen LogP contribution in [-0.4, -0.2) is 29.5 Å². The smallest absolute Gasteiger partial charge is 0.117 e. The highest BCUT2D eigenvalue weighted by atomic mass is 16.3. The molecule has 1 N–H and O–H groups in total. The van der Waals surface area contributed by atoms with Crippen molar-refractivity contribution in [1.82, 2.24) is 15.2 Å². The molecule has 0 radical (unpaired) electrons. The minimum Gasteiger partial charge on any atom is -0.468 e. The Labute approximate surface area is 114 Å². The molecule has 0 fully saturated rings. The van der Waals surface area contributed by atoms with E-state index in [9.17, 15) is 0 Å². The van der Waals surface area contributed by atoms with Gasteiger partial charge in [0, 0.05) is 25.3 Å². The second-order valence-electron chi connectivity index (χ2n) is 4.80. The van der Waals surface area contributed by atoms with E-state index in [1.807, 2.05) is 30.5 Å². The van der Waals surface area contributed by atoms with E-state index in [4.69, 9.17) is 4.42 Å². The van der Waals surface area contributed by atoms with Crippen molar-refractivity contribution in [2.24, 2.45) is 0 Å². The highest BCUT2D eigenvalue weighted by molar-refractivity contribution is 5.03. The summed E-state index contributed by atoms with van der Waals surface area (Å²) in [6, 6.07) is 10.4. The molecule has 0 saturated heterocycles. The Kier molecular flexibility index (Phi) is 5.12. The summed E-state index contributed by atoms with van der Waals surface area (Å²) in [5, 5.41) is 3.40. The lowest BCUT2D eigenvalue weighted by atomic mass is 10.2. The largest absolute Gasteiger partial charge is 0.468 e. The number of pyridine rings is 1. The highest BCUT2D eigenvalue weighted by Crippen LogP contribution is 2.03. The molecule has 0 aliphatic carbocycles. The van der Waals surface area contributed by atoms with E-state index < -0.39 is 0 Å². The number of hydrogen-bond acceptors (Lipinski definition) is 4. The van der Waals surface area contributed by atoms with Crippen LogP contribution < -0.4 is 5.32 Å². The van der Waals surface area contributed by atoms with Gasteiger partial charge in [0.15, 0.2) is 0 Å². The van der Waals surface area contributed by atoms with Crippen molar-refractivity contribution in [2.75, 3.05) is 13.6 Å². The molecule has 1 atom stereocenters. The molecule has 2 heterocycles. The molecule has 0 aliphatic rings. The fourth-order valence-corrected chi connectivity index (χ4v) is 1.88. The first-order valence-corrected chi connectivity index (χ1v) is 6.59. The van der Waals surface area contributed by atoms with E-state index in [1.165, 1.54) is 0 Å². The van der Waals surface area contributed by atoms with Crippen LogP contribution >= 0.6 is 0 Å². The molecule has 4 nitrogen and oxygen atoms in total. The van der Waals surface area contributed by atoms with Crippen molar-refractivity contribution in [1.29, 1.82) is 0 Å². The van der Waals surface area contributed by atoms with Crippen molar-refractivity contribution in [3.8, 4) is 0 Å². The first-order valence-electron chi connectivity index (χ1n) is 6.59. The fourth-order valence-electron chi connectivity index (χ4n) is 1.88. The average molecular weight is 259 g/mol. The predicted molar refractivity (Wildman–Crippen MR) is 75.6 cm³/mol. The average Bonchev–Trinajstić information content (AvgIpc) is 2.93. The lowest BCUT2D eigenvalue weighted by molar-refractivity contribution is 0.238. The van der Waals surface area contributed by atoms with Crippen LogP contribution in [0.15, 0.2) is 47.2 Å². The molecular formula is C15H21N3O. The molecule has 19 heavy (non-hydrogen) atoms. The van der Waals surface area contributed by atoms with Gasteiger partial charge >= 0.3 is 0 Å². The van der Waals surface area contributed by atoms with Gasteiger partial charge in [-0.15, -0.1) is 0 Å². The van der Waals surface area contributed by atoms with E-state index in [1.54, 1.807) is 6.26 Å². The second-order valence-corrected chi connectivity index (χ2v) is 4.80. The van der Waals surface area contributed by atoms with E-state index >= 15 is 0 Å². The van der Waals surface area contributed by atoms with Crippen LogP contribution in [0.3, 0.4) is 0 Å². The summed E-state index contributed by atoms with van der Waals surface area (Å²) in [5.41, 5.74) is 1.10. The summed E-state index contributed by atoms with van der Waals surface area (Å²) >= 11 is 0. The van der Waals surface area contributed by atoms with E-state index in [0.29, 0.717) is 6.04 Å². The Hall–Kier alpha value is -1.65. The third-order valence-corrected chi connectivity index (χ3v) is 3.21. The van der Waals surface area contributed by atoms with Gasteiger partial charge in [-0.3, -0.25) is 9.88 Å². The van der Waals surface area contributed by atoms with Crippen LogP contribution in [0.1, 0.15) is 18.4 Å². The maximum absolute atomic E-state index is 5.29. The van der Waals surface area contributed by atoms with Crippen molar-refractivity contribution >= 4 is 0 Å². The Morgan fingerprint density at radius 1 is 1.32 bits per heavy atom. The zero-order valence-electron chi connectivity index (χ0n) is 11.5. The molecule has 102 valence electrons. The number of aromatic nitrogens is 1. The number of rotatable bonds is 7. The minimum atomic E-state index is 0.442. The second kappa shape index (κ2) is 7.07. The molecular weight excluding hydrogens is 238 g/mol. The van der Waals surface area contributed by atoms with Gasteiger partial charge in [-0.05, 0) is 38.2 Å². The third-order valence-electron chi connectivity index (χ3n) is 3.21. The van der Waals surface area contributed by atoms with Gasteiger partial charge in [-0.2, -0.15) is 0 Å². The van der Waals surface area contributed by atoms with E-state index in [2.05, 4.69) is 35.2 Å². The molecule has 2 rings (SSSR count). The SMILES string of the molecule is CC(CNCc1ccco1)N(C)Cc1ccccn1. The molecule has 2 aromatic heterocycles. The van der Waals surface area contributed by atoms with Crippen molar-refractivity contribution in [3.05, 3.63) is 54.2 Å². The van der Waals surface area contributed by atoms with Crippen LogP contribution in [0.2, 0.25) is 0 Å². The molecule has 0 aromatic carbocycles. The van der Waals surface area contributed by atoms with Gasteiger partial charge in [-0.25, -0.2) is 0 Å². The summed E-state index contributed by atoms with van der Waals surface area (Å²) < 4.78 is 5.29. The third kappa shape index (κ3) is 4.50. The van der Waals surface area contributed by atoms with Gasteiger partial charge in [0.25, 0.3) is 0 Å². The van der Waals surface area contributed by atoms with Crippen LogP contribution in [0.5, 0.6) is 0 Å². The van der Waals surface area contributed by atoms with Crippen LogP contribution in [-0.2, 0) is 13.1 Å². The maximum atomic E-state index is 5.29. The Morgan fingerprint density at radius 3 is 2.89 bits per heavy atom. The summed E-state index contributed by atoms with van der Waals surface area (Å²) in [5.74, 6) is 0.972. The molecule has 0 bridgehead atoms. The van der Waals surface area contributed by atoms with Gasteiger partial charge < -0.3 is 9.73 Å². The lowest BCUT2D eigenvalue weighted by Crippen LogP contribution is -2.37. The predicted octanol–water partition coefficient (Wildman–Crippen LogP) is 2.28. The van der Waals surface area contributed by atoms with E-state index in [-0.39, 0.29) is 0 Å². The van der Waals surface area contributed by atoms with E-state index in [0.717, 1.165) is 31.1 Å². The molecule has 4 heteroatoms. The van der Waals surface area contributed by atoms with Crippen LogP contribution in [0, 0.1) is 0 Å². The quantitative estimate of drug-likeness (QED) is 0.828. The first-order chi connectivity index (χ1) is 9.25. The lowest BCUT2D eigenvalue weighted by Gasteiger charge is -2.24. The molecule has 0 amide bonds. The van der Waals surface area contributed by atoms with Crippen LogP contribution in [0.4, 0.5) is 0 Å². The first kappa shape index (κ1) is 13.8. The monoisotopic (exact) mass is 259 g/mol. The van der Waals surface area contributed by atoms with Crippen molar-refractivity contribution in [2.45, 2.75) is 26.1 Å². The molecule has 0 saturated carbocycles. The maximum Gasteiger partial charge on any atom is 0.117 e. The number of likely N-dealkylation sites (N-methyl/N-ethyl adjacent to an activating group) is 1. The topological polar surface area (TPSA) is 41.3 Å². The van der Waals surface area contributed by atoms with Gasteiger partial charge in [-0.1, -0.05) is 6.07 Å².